The predicted octanol–water partition coefficient (Wildman–Crippen LogP) is 1.41. The number of ether oxygens (including phenoxy) is 1. The SMILES string of the molecule is COc1ccc(C)cc1S(=O)(=O)N1CCN[C@@H](C)C1.Cl. The fourth-order valence-electron chi connectivity index (χ4n) is 2.24. The Morgan fingerprint density at radius 1 is 1.40 bits per heavy atom. The molecule has 20 heavy (non-hydrogen) atoms. The molecule has 1 N–H and O–H groups in total. The first-order valence-electron chi connectivity index (χ1n) is 6.33. The van der Waals surface area contributed by atoms with Crippen LogP contribution in [0.2, 0.25) is 0 Å². The minimum absolute atomic E-state index is 0. The van der Waals surface area contributed by atoms with Gasteiger partial charge in [-0.1, -0.05) is 6.07 Å². The Hall–Kier alpha value is -0.820. The highest BCUT2D eigenvalue weighted by Gasteiger charge is 2.30. The molecule has 0 aromatic heterocycles. The zero-order valence-electron chi connectivity index (χ0n) is 11.9. The van der Waals surface area contributed by atoms with Crippen LogP contribution in [0.3, 0.4) is 0 Å². The predicted molar refractivity (Wildman–Crippen MR) is 81.2 cm³/mol. The molecule has 0 aliphatic carbocycles. The van der Waals surface area contributed by atoms with E-state index in [1.54, 1.807) is 12.1 Å². The van der Waals surface area contributed by atoms with E-state index in [2.05, 4.69) is 5.32 Å². The molecule has 114 valence electrons. The minimum Gasteiger partial charge on any atom is -0.495 e. The second-order valence-corrected chi connectivity index (χ2v) is 6.78. The van der Waals surface area contributed by atoms with Crippen molar-refractivity contribution >= 4 is 22.4 Å². The molecule has 1 atom stereocenters. The van der Waals surface area contributed by atoms with E-state index in [1.165, 1.54) is 11.4 Å². The van der Waals surface area contributed by atoms with Crippen molar-refractivity contribution in [3.63, 3.8) is 0 Å². The summed E-state index contributed by atoms with van der Waals surface area (Å²) < 4.78 is 32.1. The van der Waals surface area contributed by atoms with Crippen molar-refractivity contribution in [2.75, 3.05) is 26.7 Å². The van der Waals surface area contributed by atoms with Gasteiger partial charge in [0, 0.05) is 25.7 Å². The number of hydrogen-bond donors (Lipinski definition) is 1. The molecule has 0 radical (unpaired) electrons. The smallest absolute Gasteiger partial charge is 0.246 e. The Bertz CT molecular complexity index is 563. The van der Waals surface area contributed by atoms with E-state index in [1.807, 2.05) is 19.9 Å². The summed E-state index contributed by atoms with van der Waals surface area (Å²) in [5.41, 5.74) is 0.905. The monoisotopic (exact) mass is 320 g/mol. The third kappa shape index (κ3) is 3.44. The highest BCUT2D eigenvalue weighted by atomic mass is 35.5. The number of methoxy groups -OCH3 is 1. The first kappa shape index (κ1) is 17.2. The molecular formula is C13H21ClN2O3S. The Kier molecular flexibility index (Phi) is 5.82. The van der Waals surface area contributed by atoms with E-state index < -0.39 is 10.0 Å². The highest BCUT2D eigenvalue weighted by molar-refractivity contribution is 7.89. The van der Waals surface area contributed by atoms with Gasteiger partial charge >= 0.3 is 0 Å². The molecule has 1 heterocycles. The van der Waals surface area contributed by atoms with E-state index >= 15 is 0 Å². The number of sulfonamides is 1. The average molecular weight is 321 g/mol. The van der Waals surface area contributed by atoms with Gasteiger partial charge in [-0.3, -0.25) is 0 Å². The average Bonchev–Trinajstić information content (AvgIpc) is 2.38. The molecule has 0 saturated carbocycles. The van der Waals surface area contributed by atoms with Gasteiger partial charge in [0.05, 0.1) is 7.11 Å². The van der Waals surface area contributed by atoms with Crippen molar-refractivity contribution in [3.05, 3.63) is 23.8 Å². The van der Waals surface area contributed by atoms with E-state index in [4.69, 9.17) is 4.74 Å². The number of aryl methyl sites for hydroxylation is 1. The summed E-state index contributed by atoms with van der Waals surface area (Å²) in [5.74, 6) is 0.400. The molecule has 2 rings (SSSR count). The van der Waals surface area contributed by atoms with Crippen molar-refractivity contribution in [1.82, 2.24) is 9.62 Å². The molecule has 5 nitrogen and oxygen atoms in total. The number of nitrogens with zero attached hydrogens (tertiary/aromatic N) is 1. The molecule has 1 aromatic rings. The number of piperazine rings is 1. The molecule has 1 aliphatic heterocycles. The van der Waals surface area contributed by atoms with Gasteiger partial charge in [-0.15, -0.1) is 12.4 Å². The maximum Gasteiger partial charge on any atom is 0.246 e. The summed E-state index contributed by atoms with van der Waals surface area (Å²) in [7, 11) is -2.00. The van der Waals surface area contributed by atoms with Crippen LogP contribution in [0.4, 0.5) is 0 Å². The summed E-state index contributed by atoms with van der Waals surface area (Å²) in [6.07, 6.45) is 0. The maximum absolute atomic E-state index is 12.7. The van der Waals surface area contributed by atoms with Gasteiger partial charge < -0.3 is 10.1 Å². The van der Waals surface area contributed by atoms with E-state index in [9.17, 15) is 8.42 Å². The molecule has 0 amide bonds. The molecule has 0 unspecified atom stereocenters. The number of nitrogens with one attached hydrogen (secondary N) is 1. The Morgan fingerprint density at radius 2 is 2.10 bits per heavy atom. The van der Waals surface area contributed by atoms with E-state index in [-0.39, 0.29) is 23.3 Å². The van der Waals surface area contributed by atoms with Gasteiger partial charge in [-0.05, 0) is 31.5 Å². The van der Waals surface area contributed by atoms with Crippen molar-refractivity contribution in [1.29, 1.82) is 0 Å². The van der Waals surface area contributed by atoms with Crippen molar-refractivity contribution in [2.24, 2.45) is 0 Å². The van der Waals surface area contributed by atoms with Crippen molar-refractivity contribution in [2.45, 2.75) is 24.8 Å². The van der Waals surface area contributed by atoms with Crippen LogP contribution >= 0.6 is 12.4 Å². The first-order valence-corrected chi connectivity index (χ1v) is 7.77. The van der Waals surface area contributed by atoms with Crippen LogP contribution < -0.4 is 10.1 Å². The van der Waals surface area contributed by atoms with Crippen molar-refractivity contribution < 1.29 is 13.2 Å². The first-order chi connectivity index (χ1) is 8.95. The molecule has 1 aromatic carbocycles. The van der Waals surface area contributed by atoms with Crippen LogP contribution in [0.15, 0.2) is 23.1 Å². The fourth-order valence-corrected chi connectivity index (χ4v) is 4.01. The van der Waals surface area contributed by atoms with Crippen LogP contribution in [0, 0.1) is 6.92 Å². The highest BCUT2D eigenvalue weighted by Crippen LogP contribution is 2.28. The lowest BCUT2D eigenvalue weighted by Gasteiger charge is -2.31. The normalized spacial score (nSPS) is 20.2. The number of benzene rings is 1. The lowest BCUT2D eigenvalue weighted by molar-refractivity contribution is 0.308. The number of halogens is 1. The number of hydrogen-bond acceptors (Lipinski definition) is 4. The summed E-state index contributed by atoms with van der Waals surface area (Å²) in [6, 6.07) is 5.38. The van der Waals surface area contributed by atoms with Crippen LogP contribution in [0.5, 0.6) is 5.75 Å². The molecule has 1 saturated heterocycles. The fraction of sp³-hybridized carbons (Fsp3) is 0.538. The second-order valence-electron chi connectivity index (χ2n) is 4.87. The molecule has 1 aliphatic rings. The lowest BCUT2D eigenvalue weighted by Crippen LogP contribution is -2.51. The standard InChI is InChI=1S/C13H20N2O3S.ClH/c1-10-4-5-12(18-3)13(8-10)19(16,17)15-7-6-14-11(2)9-15;/h4-5,8,11,14H,6-7,9H2,1-3H3;1H/t11-;/m0./s1. The summed E-state index contributed by atoms with van der Waals surface area (Å²) >= 11 is 0. The van der Waals surface area contributed by atoms with Gasteiger partial charge in [0.2, 0.25) is 10.0 Å². The van der Waals surface area contributed by atoms with Gasteiger partial charge in [0.25, 0.3) is 0 Å². The molecule has 0 bridgehead atoms. The van der Waals surface area contributed by atoms with Crippen LogP contribution in [-0.2, 0) is 10.0 Å². The quantitative estimate of drug-likeness (QED) is 0.915. The van der Waals surface area contributed by atoms with Gasteiger partial charge in [0.1, 0.15) is 10.6 Å². The largest absolute Gasteiger partial charge is 0.495 e. The minimum atomic E-state index is -3.49. The zero-order valence-corrected chi connectivity index (χ0v) is 13.6. The Balaban J connectivity index is 0.00000200. The van der Waals surface area contributed by atoms with Crippen LogP contribution in [0.1, 0.15) is 12.5 Å². The van der Waals surface area contributed by atoms with E-state index in [0.29, 0.717) is 25.4 Å². The third-order valence-corrected chi connectivity index (χ3v) is 5.15. The maximum atomic E-state index is 12.7. The number of rotatable bonds is 3. The van der Waals surface area contributed by atoms with E-state index in [0.717, 1.165) is 5.56 Å². The molecule has 1 fully saturated rings. The molecule has 7 heteroatoms. The Labute approximate surface area is 126 Å². The lowest BCUT2D eigenvalue weighted by atomic mass is 10.2. The van der Waals surface area contributed by atoms with Crippen LogP contribution in [0.25, 0.3) is 0 Å². The summed E-state index contributed by atoms with van der Waals surface area (Å²) in [5, 5.41) is 3.24. The summed E-state index contributed by atoms with van der Waals surface area (Å²) in [6.45, 7) is 5.51. The molecular weight excluding hydrogens is 300 g/mol. The Morgan fingerprint density at radius 3 is 2.70 bits per heavy atom. The van der Waals surface area contributed by atoms with Crippen LogP contribution in [-0.4, -0.2) is 45.5 Å². The van der Waals surface area contributed by atoms with Gasteiger partial charge in [-0.25, -0.2) is 8.42 Å². The topological polar surface area (TPSA) is 58.6 Å². The second kappa shape index (κ2) is 6.76. The summed E-state index contributed by atoms with van der Waals surface area (Å²) in [4.78, 5) is 0.254. The van der Waals surface area contributed by atoms with Gasteiger partial charge in [0.15, 0.2) is 0 Å². The van der Waals surface area contributed by atoms with Crippen molar-refractivity contribution in [3.8, 4) is 5.75 Å². The van der Waals surface area contributed by atoms with Gasteiger partial charge in [-0.2, -0.15) is 4.31 Å². The molecule has 0 spiro atoms. The zero-order chi connectivity index (χ0) is 14.0. The third-order valence-electron chi connectivity index (χ3n) is 3.27.